The predicted octanol–water partition coefficient (Wildman–Crippen LogP) is 2.04. The average molecular weight is 327 g/mol. The van der Waals surface area contributed by atoms with Crippen molar-refractivity contribution in [3.05, 3.63) is 53.9 Å². The Bertz CT molecular complexity index is 717. The Morgan fingerprint density at radius 2 is 1.92 bits per heavy atom. The van der Waals surface area contributed by atoms with E-state index in [2.05, 4.69) is 10.3 Å². The van der Waals surface area contributed by atoms with Crippen molar-refractivity contribution in [3.63, 3.8) is 0 Å². The van der Waals surface area contributed by atoms with Crippen LogP contribution in [0.2, 0.25) is 0 Å². The zero-order valence-corrected chi connectivity index (χ0v) is 14.1. The van der Waals surface area contributed by atoms with E-state index in [0.29, 0.717) is 24.4 Å². The maximum Gasteiger partial charge on any atom is 0.313 e. The van der Waals surface area contributed by atoms with Crippen molar-refractivity contribution in [1.82, 2.24) is 9.88 Å². The number of carbonyl (C=O) groups is 2. The Hall–Kier alpha value is -2.89. The molecule has 0 spiro atoms. The molecular formula is C18H21N3O3. The number of methoxy groups -OCH3 is 1. The van der Waals surface area contributed by atoms with Gasteiger partial charge in [0, 0.05) is 26.0 Å². The van der Waals surface area contributed by atoms with Gasteiger partial charge in [0.1, 0.15) is 5.75 Å². The number of rotatable bonds is 5. The van der Waals surface area contributed by atoms with Crippen LogP contribution < -0.4 is 10.1 Å². The average Bonchev–Trinajstić information content (AvgIpc) is 2.60. The maximum atomic E-state index is 12.2. The quantitative estimate of drug-likeness (QED) is 0.853. The number of nitrogens with one attached hydrogen (secondary N) is 1. The van der Waals surface area contributed by atoms with Gasteiger partial charge in [0.15, 0.2) is 0 Å². The molecule has 0 aliphatic rings. The molecule has 1 aromatic carbocycles. The molecule has 0 atom stereocenters. The highest BCUT2D eigenvalue weighted by atomic mass is 16.5. The number of likely N-dealkylation sites (N-methyl/N-ethyl adjacent to an activating group) is 1. The number of nitrogens with zero attached hydrogens (tertiary/aromatic N) is 2. The van der Waals surface area contributed by atoms with Gasteiger partial charge in [0.05, 0.1) is 12.8 Å². The zero-order chi connectivity index (χ0) is 17.5. The van der Waals surface area contributed by atoms with Crippen molar-refractivity contribution in [1.29, 1.82) is 0 Å². The summed E-state index contributed by atoms with van der Waals surface area (Å²) in [5, 5.41) is 2.62. The van der Waals surface area contributed by atoms with Gasteiger partial charge in [-0.1, -0.05) is 6.07 Å². The lowest BCUT2D eigenvalue weighted by Gasteiger charge is -2.17. The molecule has 2 amide bonds. The smallest absolute Gasteiger partial charge is 0.313 e. The molecule has 6 heteroatoms. The highest BCUT2D eigenvalue weighted by Crippen LogP contribution is 2.25. The van der Waals surface area contributed by atoms with Gasteiger partial charge >= 0.3 is 11.8 Å². The van der Waals surface area contributed by atoms with E-state index in [-0.39, 0.29) is 0 Å². The standard InChI is InChI=1S/C18H21N3O3/c1-13-4-5-16(24-3)15(12-13)20-17(22)18(23)21(2)11-8-14-6-9-19-10-7-14/h4-7,9-10,12H,8,11H2,1-3H3,(H,20,22). The predicted molar refractivity (Wildman–Crippen MR) is 91.9 cm³/mol. The molecule has 2 aromatic rings. The van der Waals surface area contributed by atoms with Crippen LogP contribution >= 0.6 is 0 Å². The first kappa shape index (κ1) is 17.5. The summed E-state index contributed by atoms with van der Waals surface area (Å²) in [5.41, 5.74) is 2.51. The maximum absolute atomic E-state index is 12.2. The molecule has 0 unspecified atom stereocenters. The third-order valence-electron chi connectivity index (χ3n) is 3.63. The Morgan fingerprint density at radius 3 is 2.58 bits per heavy atom. The number of anilines is 1. The molecule has 0 fully saturated rings. The first-order valence-electron chi connectivity index (χ1n) is 7.61. The number of ether oxygens (including phenoxy) is 1. The van der Waals surface area contributed by atoms with E-state index in [1.54, 1.807) is 31.6 Å². The number of amides is 2. The largest absolute Gasteiger partial charge is 0.495 e. The van der Waals surface area contributed by atoms with Crippen molar-refractivity contribution in [2.75, 3.05) is 26.0 Å². The minimum absolute atomic E-state index is 0.446. The molecule has 126 valence electrons. The van der Waals surface area contributed by atoms with Crippen molar-refractivity contribution in [2.45, 2.75) is 13.3 Å². The number of pyridine rings is 1. The van der Waals surface area contributed by atoms with Gasteiger partial charge in [-0.05, 0) is 48.7 Å². The van der Waals surface area contributed by atoms with Crippen LogP contribution in [0.1, 0.15) is 11.1 Å². The van der Waals surface area contributed by atoms with Crippen LogP contribution in [0.15, 0.2) is 42.7 Å². The normalized spacial score (nSPS) is 10.1. The molecule has 1 aromatic heterocycles. The minimum atomic E-state index is -0.684. The number of carbonyl (C=O) groups excluding carboxylic acids is 2. The molecule has 24 heavy (non-hydrogen) atoms. The third-order valence-corrected chi connectivity index (χ3v) is 3.63. The van der Waals surface area contributed by atoms with E-state index in [4.69, 9.17) is 4.74 Å². The second-order valence-electron chi connectivity index (χ2n) is 5.49. The van der Waals surface area contributed by atoms with Crippen molar-refractivity contribution < 1.29 is 14.3 Å². The summed E-state index contributed by atoms with van der Waals surface area (Å²) in [6.07, 6.45) is 4.06. The number of hydrogen-bond donors (Lipinski definition) is 1. The summed E-state index contributed by atoms with van der Waals surface area (Å²) in [4.78, 5) is 29.7. The first-order chi connectivity index (χ1) is 11.5. The van der Waals surface area contributed by atoms with Gasteiger partial charge < -0.3 is 15.0 Å². The lowest BCUT2D eigenvalue weighted by atomic mass is 10.2. The number of hydrogen-bond acceptors (Lipinski definition) is 4. The van der Waals surface area contributed by atoms with Crippen LogP contribution in [0.3, 0.4) is 0 Å². The van der Waals surface area contributed by atoms with Crippen LogP contribution in [0.25, 0.3) is 0 Å². The second kappa shape index (κ2) is 8.10. The van der Waals surface area contributed by atoms with E-state index in [1.807, 2.05) is 25.1 Å². The van der Waals surface area contributed by atoms with Crippen LogP contribution in [-0.2, 0) is 16.0 Å². The summed E-state index contributed by atoms with van der Waals surface area (Å²) < 4.78 is 5.20. The molecule has 0 radical (unpaired) electrons. The van der Waals surface area contributed by atoms with Crippen molar-refractivity contribution in [2.24, 2.45) is 0 Å². The Kier molecular flexibility index (Phi) is 5.89. The molecular weight excluding hydrogens is 306 g/mol. The minimum Gasteiger partial charge on any atom is -0.495 e. The summed E-state index contributed by atoms with van der Waals surface area (Å²) in [7, 11) is 3.12. The Morgan fingerprint density at radius 1 is 1.21 bits per heavy atom. The van der Waals surface area contributed by atoms with Crippen LogP contribution in [0, 0.1) is 6.92 Å². The van der Waals surface area contributed by atoms with E-state index in [9.17, 15) is 9.59 Å². The number of aromatic nitrogens is 1. The molecule has 1 heterocycles. The summed E-state index contributed by atoms with van der Waals surface area (Å²) in [6, 6.07) is 9.16. The lowest BCUT2D eigenvalue weighted by Crippen LogP contribution is -2.38. The second-order valence-corrected chi connectivity index (χ2v) is 5.49. The van der Waals surface area contributed by atoms with Gasteiger partial charge in [0.25, 0.3) is 0 Å². The van der Waals surface area contributed by atoms with Crippen LogP contribution in [0.5, 0.6) is 5.75 Å². The molecule has 0 saturated heterocycles. The summed E-state index contributed by atoms with van der Waals surface area (Å²) in [6.45, 7) is 2.35. The lowest BCUT2D eigenvalue weighted by molar-refractivity contribution is -0.142. The fourth-order valence-electron chi connectivity index (χ4n) is 2.22. The van der Waals surface area contributed by atoms with E-state index in [1.165, 1.54) is 12.0 Å². The highest BCUT2D eigenvalue weighted by Gasteiger charge is 2.20. The topological polar surface area (TPSA) is 71.5 Å². The van der Waals surface area contributed by atoms with E-state index >= 15 is 0 Å². The van der Waals surface area contributed by atoms with Crippen LogP contribution in [0.4, 0.5) is 5.69 Å². The molecule has 0 aliphatic heterocycles. The SMILES string of the molecule is COc1ccc(C)cc1NC(=O)C(=O)N(C)CCc1ccncc1. The monoisotopic (exact) mass is 327 g/mol. The molecule has 0 bridgehead atoms. The number of aryl methyl sites for hydroxylation is 1. The van der Waals surface area contributed by atoms with Gasteiger partial charge in [-0.15, -0.1) is 0 Å². The van der Waals surface area contributed by atoms with Gasteiger partial charge in [-0.25, -0.2) is 0 Å². The molecule has 6 nitrogen and oxygen atoms in total. The molecule has 1 N–H and O–H groups in total. The highest BCUT2D eigenvalue weighted by molar-refractivity contribution is 6.39. The number of benzene rings is 1. The molecule has 0 saturated carbocycles. The molecule has 0 aliphatic carbocycles. The van der Waals surface area contributed by atoms with Crippen LogP contribution in [-0.4, -0.2) is 42.4 Å². The van der Waals surface area contributed by atoms with E-state index in [0.717, 1.165) is 11.1 Å². The van der Waals surface area contributed by atoms with Crippen molar-refractivity contribution >= 4 is 17.5 Å². The fourth-order valence-corrected chi connectivity index (χ4v) is 2.22. The summed E-state index contributed by atoms with van der Waals surface area (Å²) in [5.74, 6) is -0.759. The summed E-state index contributed by atoms with van der Waals surface area (Å²) >= 11 is 0. The third kappa shape index (κ3) is 4.55. The van der Waals surface area contributed by atoms with E-state index < -0.39 is 11.8 Å². The van der Waals surface area contributed by atoms with Crippen molar-refractivity contribution in [3.8, 4) is 5.75 Å². The molecule has 2 rings (SSSR count). The first-order valence-corrected chi connectivity index (χ1v) is 7.61. The van der Waals surface area contributed by atoms with Gasteiger partial charge in [0.2, 0.25) is 0 Å². The Balaban J connectivity index is 1.96. The van der Waals surface area contributed by atoms with Gasteiger partial charge in [-0.2, -0.15) is 0 Å². The fraction of sp³-hybridized carbons (Fsp3) is 0.278. The zero-order valence-electron chi connectivity index (χ0n) is 14.1. The Labute approximate surface area is 141 Å². The van der Waals surface area contributed by atoms with Gasteiger partial charge in [-0.3, -0.25) is 14.6 Å².